The molecule has 0 aliphatic heterocycles. The minimum atomic E-state index is 0.649. The summed E-state index contributed by atoms with van der Waals surface area (Å²) in [7, 11) is 0. The molecule has 3 rings (SSSR count). The molecule has 2 saturated carbocycles. The molecular formula is C41H72. The average molecular weight is 565 g/mol. The molecule has 0 saturated heterocycles. The van der Waals surface area contributed by atoms with Gasteiger partial charge in [0.05, 0.1) is 0 Å². The van der Waals surface area contributed by atoms with E-state index in [0.717, 1.165) is 0 Å². The fourth-order valence-electron chi connectivity index (χ4n) is 8.77. The van der Waals surface area contributed by atoms with Crippen LogP contribution in [0.3, 0.4) is 0 Å². The summed E-state index contributed by atoms with van der Waals surface area (Å²) in [5, 5.41) is 0. The van der Waals surface area contributed by atoms with E-state index >= 15 is 0 Å². The van der Waals surface area contributed by atoms with Crippen LogP contribution in [0.5, 0.6) is 0 Å². The van der Waals surface area contributed by atoms with E-state index in [4.69, 9.17) is 0 Å². The summed E-state index contributed by atoms with van der Waals surface area (Å²) in [6.45, 7) is 7.07. The second-order valence-electron chi connectivity index (χ2n) is 15.1. The summed E-state index contributed by atoms with van der Waals surface area (Å²) in [6.07, 6.45) is 43.6. The van der Waals surface area contributed by atoms with Crippen molar-refractivity contribution >= 4 is 0 Å². The highest BCUT2D eigenvalue weighted by Gasteiger charge is 2.32. The molecule has 0 amide bonds. The molecule has 1 aromatic carbocycles. The lowest BCUT2D eigenvalue weighted by Crippen LogP contribution is -2.25. The summed E-state index contributed by atoms with van der Waals surface area (Å²) in [5.74, 6) is 0. The van der Waals surface area contributed by atoms with Gasteiger partial charge in [0.2, 0.25) is 0 Å². The van der Waals surface area contributed by atoms with Crippen LogP contribution in [-0.2, 0) is 12.8 Å². The van der Waals surface area contributed by atoms with Gasteiger partial charge in [0.25, 0.3) is 0 Å². The molecule has 2 fully saturated rings. The smallest absolute Gasteiger partial charge is 0.0271 e. The average Bonchev–Trinajstić information content (AvgIpc) is 3.00. The van der Waals surface area contributed by atoms with Crippen molar-refractivity contribution in [2.24, 2.45) is 10.8 Å². The van der Waals surface area contributed by atoms with E-state index in [2.05, 4.69) is 39.0 Å². The molecule has 2 aliphatic carbocycles. The van der Waals surface area contributed by atoms with Crippen molar-refractivity contribution < 1.29 is 0 Å². The SMILES string of the molecule is CCCCCCCCCC1(CCc2ccc(CCC3(CCCCCCCCC)CCCCC3)c(C)c2)CCCCC1. The van der Waals surface area contributed by atoms with Crippen molar-refractivity contribution in [2.75, 3.05) is 0 Å². The number of rotatable bonds is 22. The van der Waals surface area contributed by atoms with Crippen molar-refractivity contribution in [2.45, 2.75) is 213 Å². The normalized spacial score (nSPS) is 18.5. The number of unbranched alkanes of at least 4 members (excludes halogenated alkanes) is 12. The van der Waals surface area contributed by atoms with Gasteiger partial charge in [-0.25, -0.2) is 0 Å². The molecule has 0 heteroatoms. The van der Waals surface area contributed by atoms with Crippen LogP contribution >= 0.6 is 0 Å². The number of hydrogen-bond donors (Lipinski definition) is 0. The van der Waals surface area contributed by atoms with Crippen LogP contribution < -0.4 is 0 Å². The highest BCUT2D eigenvalue weighted by atomic mass is 14.4. The lowest BCUT2D eigenvalue weighted by molar-refractivity contribution is 0.151. The Morgan fingerprint density at radius 3 is 1.39 bits per heavy atom. The molecule has 41 heavy (non-hydrogen) atoms. The summed E-state index contributed by atoms with van der Waals surface area (Å²) in [5.41, 5.74) is 6.14. The van der Waals surface area contributed by atoms with Gasteiger partial charge in [-0.05, 0) is 98.7 Å². The highest BCUT2D eigenvalue weighted by molar-refractivity contribution is 5.31. The van der Waals surface area contributed by atoms with E-state index in [1.165, 1.54) is 193 Å². The first-order valence-corrected chi connectivity index (χ1v) is 19.2. The quantitative estimate of drug-likeness (QED) is 0.123. The van der Waals surface area contributed by atoms with Gasteiger partial charge in [0.15, 0.2) is 0 Å². The minimum Gasteiger partial charge on any atom is -0.0654 e. The summed E-state index contributed by atoms with van der Waals surface area (Å²) in [6, 6.07) is 7.65. The van der Waals surface area contributed by atoms with Crippen molar-refractivity contribution in [1.82, 2.24) is 0 Å². The zero-order valence-electron chi connectivity index (χ0n) is 28.4. The Morgan fingerprint density at radius 2 is 0.927 bits per heavy atom. The minimum absolute atomic E-state index is 0.649. The van der Waals surface area contributed by atoms with Gasteiger partial charge >= 0.3 is 0 Å². The van der Waals surface area contributed by atoms with Crippen molar-refractivity contribution in [3.05, 3.63) is 34.9 Å². The Bertz CT molecular complexity index is 775. The summed E-state index contributed by atoms with van der Waals surface area (Å²) >= 11 is 0. The third-order valence-corrected chi connectivity index (χ3v) is 11.7. The van der Waals surface area contributed by atoms with E-state index < -0.39 is 0 Å². The van der Waals surface area contributed by atoms with Crippen molar-refractivity contribution in [3.63, 3.8) is 0 Å². The second kappa shape index (κ2) is 20.2. The molecule has 0 radical (unpaired) electrons. The van der Waals surface area contributed by atoms with Gasteiger partial charge in [-0.2, -0.15) is 0 Å². The molecule has 0 nitrogen and oxygen atoms in total. The number of hydrogen-bond acceptors (Lipinski definition) is 0. The molecular weight excluding hydrogens is 492 g/mol. The molecule has 0 bridgehead atoms. The van der Waals surface area contributed by atoms with Gasteiger partial charge < -0.3 is 0 Å². The van der Waals surface area contributed by atoms with Gasteiger partial charge in [-0.15, -0.1) is 0 Å². The number of benzene rings is 1. The first-order chi connectivity index (χ1) is 20.1. The third kappa shape index (κ3) is 13.2. The largest absolute Gasteiger partial charge is 0.0654 e. The molecule has 1 aromatic rings. The van der Waals surface area contributed by atoms with Gasteiger partial charge in [0, 0.05) is 0 Å². The van der Waals surface area contributed by atoms with Crippen LogP contribution in [0, 0.1) is 17.8 Å². The Morgan fingerprint density at radius 1 is 0.488 bits per heavy atom. The van der Waals surface area contributed by atoms with Crippen LogP contribution in [0.1, 0.15) is 210 Å². The molecule has 0 N–H and O–H groups in total. The van der Waals surface area contributed by atoms with E-state index in [0.29, 0.717) is 10.8 Å². The fraction of sp³-hybridized carbons (Fsp3) is 0.854. The molecule has 0 heterocycles. The third-order valence-electron chi connectivity index (χ3n) is 11.7. The Kier molecular flexibility index (Phi) is 17.1. The van der Waals surface area contributed by atoms with Crippen molar-refractivity contribution in [3.8, 4) is 0 Å². The predicted octanol–water partition coefficient (Wildman–Crippen LogP) is 14.0. The zero-order chi connectivity index (χ0) is 29.1. The molecule has 0 atom stereocenters. The van der Waals surface area contributed by atoms with Gasteiger partial charge in [0.1, 0.15) is 0 Å². The maximum absolute atomic E-state index is 2.59. The summed E-state index contributed by atoms with van der Waals surface area (Å²) < 4.78 is 0. The van der Waals surface area contributed by atoms with E-state index in [1.807, 2.05) is 0 Å². The lowest BCUT2D eigenvalue weighted by Gasteiger charge is -2.38. The summed E-state index contributed by atoms with van der Waals surface area (Å²) in [4.78, 5) is 0. The van der Waals surface area contributed by atoms with E-state index in [9.17, 15) is 0 Å². The van der Waals surface area contributed by atoms with Crippen LogP contribution in [-0.4, -0.2) is 0 Å². The predicted molar refractivity (Wildman–Crippen MR) is 184 cm³/mol. The zero-order valence-corrected chi connectivity index (χ0v) is 28.4. The fourth-order valence-corrected chi connectivity index (χ4v) is 8.77. The molecule has 236 valence electrons. The van der Waals surface area contributed by atoms with Crippen LogP contribution in [0.2, 0.25) is 0 Å². The van der Waals surface area contributed by atoms with E-state index in [-0.39, 0.29) is 0 Å². The maximum Gasteiger partial charge on any atom is -0.0271 e. The molecule has 0 spiro atoms. The van der Waals surface area contributed by atoms with Crippen LogP contribution in [0.15, 0.2) is 18.2 Å². The molecule has 2 aliphatic rings. The van der Waals surface area contributed by atoms with Gasteiger partial charge in [-0.3, -0.25) is 0 Å². The van der Waals surface area contributed by atoms with E-state index in [1.54, 1.807) is 16.7 Å². The van der Waals surface area contributed by atoms with Gasteiger partial charge in [-0.1, -0.05) is 160 Å². The van der Waals surface area contributed by atoms with Crippen molar-refractivity contribution in [1.29, 1.82) is 0 Å². The van der Waals surface area contributed by atoms with Crippen LogP contribution in [0.25, 0.3) is 0 Å². The lowest BCUT2D eigenvalue weighted by atomic mass is 9.67. The first-order valence-electron chi connectivity index (χ1n) is 19.2. The van der Waals surface area contributed by atoms with Crippen LogP contribution in [0.4, 0.5) is 0 Å². The second-order valence-corrected chi connectivity index (χ2v) is 15.1. The Hall–Kier alpha value is -0.780. The standard InChI is InChI=1S/C41H72/c1-4-6-8-10-12-14-18-28-40(30-20-16-21-31-40)34-26-38-24-25-39(37(3)36-38)27-35-41(32-22-17-23-33-41)29-19-15-13-11-9-7-5-2/h24-25,36H,4-23,26-35H2,1-3H3. The molecule has 0 aromatic heterocycles. The first kappa shape index (κ1) is 34.7. The monoisotopic (exact) mass is 565 g/mol. The highest BCUT2D eigenvalue weighted by Crippen LogP contribution is 2.46. The maximum atomic E-state index is 2.59. The Balaban J connectivity index is 1.46. The number of aryl methyl sites for hydroxylation is 3. The topological polar surface area (TPSA) is 0 Å². The Labute approximate surface area is 258 Å². The molecule has 0 unspecified atom stereocenters.